The molecule has 0 spiro atoms. The summed E-state index contributed by atoms with van der Waals surface area (Å²) in [5.74, 6) is -1.18. The maximum Gasteiger partial charge on any atom is 0.335 e. The first kappa shape index (κ1) is 14.5. The van der Waals surface area contributed by atoms with E-state index in [4.69, 9.17) is 5.11 Å². The molecule has 20 heavy (non-hydrogen) atoms. The molecule has 0 fully saturated rings. The van der Waals surface area contributed by atoms with Gasteiger partial charge in [0.1, 0.15) is 0 Å². The molecule has 2 N–H and O–H groups in total. The molecule has 1 amide bonds. The molecule has 0 aliphatic rings. The fourth-order valence-corrected chi connectivity index (χ4v) is 2.46. The van der Waals surface area contributed by atoms with E-state index in [9.17, 15) is 9.59 Å². The van der Waals surface area contributed by atoms with Gasteiger partial charge in [0.15, 0.2) is 0 Å². The van der Waals surface area contributed by atoms with E-state index in [0.717, 1.165) is 3.57 Å². The van der Waals surface area contributed by atoms with Gasteiger partial charge in [-0.2, -0.15) is 0 Å². The molecule has 0 unspecified atom stereocenters. The van der Waals surface area contributed by atoms with Crippen LogP contribution < -0.4 is 5.32 Å². The van der Waals surface area contributed by atoms with Gasteiger partial charge >= 0.3 is 5.97 Å². The third kappa shape index (κ3) is 3.16. The smallest absolute Gasteiger partial charge is 0.335 e. The second-order valence-electron chi connectivity index (χ2n) is 4.27. The van der Waals surface area contributed by atoms with E-state index in [0.29, 0.717) is 16.8 Å². The number of halogens is 1. The number of aromatic carboxylic acids is 1. The number of hydrogen-bond acceptors (Lipinski definition) is 2. The summed E-state index contributed by atoms with van der Waals surface area (Å²) in [4.78, 5) is 23.1. The number of benzene rings is 2. The average Bonchev–Trinajstić information content (AvgIpc) is 2.38. The molecule has 0 heterocycles. The maximum atomic E-state index is 12.1. The van der Waals surface area contributed by atoms with Gasteiger partial charge in [-0.15, -0.1) is 0 Å². The van der Waals surface area contributed by atoms with Crippen molar-refractivity contribution >= 4 is 40.2 Å². The molecule has 0 saturated carbocycles. The highest BCUT2D eigenvalue weighted by Gasteiger charge is 2.11. The molecule has 2 aromatic carbocycles. The Balaban J connectivity index is 2.23. The summed E-state index contributed by atoms with van der Waals surface area (Å²) in [5.41, 5.74) is 2.01. The van der Waals surface area contributed by atoms with Crippen molar-refractivity contribution in [1.82, 2.24) is 0 Å². The number of carboxylic acid groups (broad SMARTS) is 1. The molecule has 2 rings (SSSR count). The Morgan fingerprint density at radius 1 is 1.10 bits per heavy atom. The second kappa shape index (κ2) is 6.04. The van der Waals surface area contributed by atoms with E-state index in [1.807, 2.05) is 12.1 Å². The van der Waals surface area contributed by atoms with Crippen molar-refractivity contribution in [2.75, 3.05) is 5.32 Å². The summed E-state index contributed by atoms with van der Waals surface area (Å²) in [6.07, 6.45) is 0. The number of rotatable bonds is 3. The van der Waals surface area contributed by atoms with Crippen molar-refractivity contribution in [3.8, 4) is 0 Å². The first-order chi connectivity index (χ1) is 9.49. The molecule has 2 aromatic rings. The molecule has 0 saturated heterocycles. The zero-order valence-electron chi connectivity index (χ0n) is 10.7. The van der Waals surface area contributed by atoms with Gasteiger partial charge in [0.05, 0.1) is 11.1 Å². The van der Waals surface area contributed by atoms with Crippen molar-refractivity contribution in [3.63, 3.8) is 0 Å². The minimum absolute atomic E-state index is 0.211. The van der Waals surface area contributed by atoms with Crippen LogP contribution in [0.15, 0.2) is 42.5 Å². The number of nitrogens with one attached hydrogen (secondary N) is 1. The maximum absolute atomic E-state index is 12.1. The lowest BCUT2D eigenvalue weighted by atomic mass is 10.1. The topological polar surface area (TPSA) is 66.4 Å². The summed E-state index contributed by atoms with van der Waals surface area (Å²) >= 11 is 2.10. The SMILES string of the molecule is Cc1cc(NC(=O)c2ccccc2I)ccc1C(=O)O. The molecule has 5 heteroatoms. The Bertz CT molecular complexity index is 683. The molecule has 0 aliphatic heterocycles. The summed E-state index contributed by atoms with van der Waals surface area (Å²) in [5, 5.41) is 11.7. The second-order valence-corrected chi connectivity index (χ2v) is 5.43. The van der Waals surface area contributed by atoms with Gasteiger partial charge in [0.2, 0.25) is 0 Å². The molecular weight excluding hydrogens is 369 g/mol. The quantitative estimate of drug-likeness (QED) is 0.800. The fraction of sp³-hybridized carbons (Fsp3) is 0.0667. The monoisotopic (exact) mass is 381 g/mol. The molecule has 102 valence electrons. The van der Waals surface area contributed by atoms with Gasteiger partial charge in [-0.1, -0.05) is 12.1 Å². The first-order valence-electron chi connectivity index (χ1n) is 5.89. The zero-order valence-corrected chi connectivity index (χ0v) is 12.8. The number of aryl methyl sites for hydroxylation is 1. The Labute approximate surface area is 130 Å². The van der Waals surface area contributed by atoms with Crippen molar-refractivity contribution in [2.45, 2.75) is 6.92 Å². The van der Waals surface area contributed by atoms with Crippen LogP contribution in [0, 0.1) is 10.5 Å². The van der Waals surface area contributed by atoms with E-state index in [-0.39, 0.29) is 11.5 Å². The fourth-order valence-electron chi connectivity index (χ4n) is 1.83. The van der Waals surface area contributed by atoms with E-state index >= 15 is 0 Å². The van der Waals surface area contributed by atoms with Gasteiger partial charge < -0.3 is 10.4 Å². The van der Waals surface area contributed by atoms with Crippen LogP contribution in [0.1, 0.15) is 26.3 Å². The number of hydrogen-bond donors (Lipinski definition) is 2. The van der Waals surface area contributed by atoms with Crippen molar-refractivity contribution < 1.29 is 14.7 Å². The highest BCUT2D eigenvalue weighted by Crippen LogP contribution is 2.18. The minimum Gasteiger partial charge on any atom is -0.478 e. The van der Waals surface area contributed by atoms with Gasteiger partial charge in [-0.3, -0.25) is 4.79 Å². The average molecular weight is 381 g/mol. The summed E-state index contributed by atoms with van der Waals surface area (Å²) < 4.78 is 0.862. The van der Waals surface area contributed by atoms with Crippen LogP contribution in [0.3, 0.4) is 0 Å². The first-order valence-corrected chi connectivity index (χ1v) is 6.96. The van der Waals surface area contributed by atoms with Crippen LogP contribution in [0.4, 0.5) is 5.69 Å². The molecule has 0 atom stereocenters. The van der Waals surface area contributed by atoms with Gasteiger partial charge in [-0.25, -0.2) is 4.79 Å². The van der Waals surface area contributed by atoms with Crippen molar-refractivity contribution in [2.24, 2.45) is 0 Å². The predicted octanol–water partition coefficient (Wildman–Crippen LogP) is 3.55. The number of anilines is 1. The van der Waals surface area contributed by atoms with Gasteiger partial charge in [0.25, 0.3) is 5.91 Å². The normalized spacial score (nSPS) is 10.1. The summed E-state index contributed by atoms with van der Waals surface area (Å²) in [6.45, 7) is 1.70. The number of amides is 1. The van der Waals surface area contributed by atoms with Crippen molar-refractivity contribution in [3.05, 3.63) is 62.7 Å². The molecule has 4 nitrogen and oxygen atoms in total. The lowest BCUT2D eigenvalue weighted by Gasteiger charge is -2.08. The third-order valence-corrected chi connectivity index (χ3v) is 3.77. The molecular formula is C15H12INO3. The molecule has 0 bridgehead atoms. The Hall–Kier alpha value is -1.89. The van der Waals surface area contributed by atoms with Crippen LogP contribution in [-0.2, 0) is 0 Å². The Morgan fingerprint density at radius 2 is 1.80 bits per heavy atom. The van der Waals surface area contributed by atoms with E-state index in [2.05, 4.69) is 27.9 Å². The van der Waals surface area contributed by atoms with Gasteiger partial charge in [-0.05, 0) is 65.4 Å². The Kier molecular flexibility index (Phi) is 4.39. The third-order valence-electron chi connectivity index (χ3n) is 2.83. The summed E-state index contributed by atoms with van der Waals surface area (Å²) in [6, 6.07) is 12.0. The van der Waals surface area contributed by atoms with E-state index < -0.39 is 5.97 Å². The number of carbonyl (C=O) groups excluding carboxylic acids is 1. The van der Waals surface area contributed by atoms with Crippen LogP contribution >= 0.6 is 22.6 Å². The number of carboxylic acids is 1. The van der Waals surface area contributed by atoms with Crippen LogP contribution in [0.5, 0.6) is 0 Å². The highest BCUT2D eigenvalue weighted by atomic mass is 127. The molecule has 0 radical (unpaired) electrons. The standard InChI is InChI=1S/C15H12INO3/c1-9-8-10(6-7-11(9)15(19)20)17-14(18)12-4-2-3-5-13(12)16/h2-8H,1H3,(H,17,18)(H,19,20). The van der Waals surface area contributed by atoms with Crippen molar-refractivity contribution in [1.29, 1.82) is 0 Å². The van der Waals surface area contributed by atoms with Gasteiger partial charge in [0, 0.05) is 9.26 Å². The van der Waals surface area contributed by atoms with Crippen LogP contribution in [0.2, 0.25) is 0 Å². The number of carbonyl (C=O) groups is 2. The Morgan fingerprint density at radius 3 is 2.40 bits per heavy atom. The lowest BCUT2D eigenvalue weighted by Crippen LogP contribution is -2.13. The molecule has 0 aliphatic carbocycles. The van der Waals surface area contributed by atoms with Crippen LogP contribution in [-0.4, -0.2) is 17.0 Å². The largest absolute Gasteiger partial charge is 0.478 e. The molecule has 0 aromatic heterocycles. The highest BCUT2D eigenvalue weighted by molar-refractivity contribution is 14.1. The van der Waals surface area contributed by atoms with E-state index in [1.165, 1.54) is 6.07 Å². The zero-order chi connectivity index (χ0) is 14.7. The van der Waals surface area contributed by atoms with E-state index in [1.54, 1.807) is 31.2 Å². The summed E-state index contributed by atoms with van der Waals surface area (Å²) in [7, 11) is 0. The predicted molar refractivity (Wildman–Crippen MR) is 85.3 cm³/mol. The minimum atomic E-state index is -0.974. The lowest BCUT2D eigenvalue weighted by molar-refractivity contribution is 0.0696. The van der Waals surface area contributed by atoms with Crippen LogP contribution in [0.25, 0.3) is 0 Å².